The van der Waals surface area contributed by atoms with E-state index in [-0.39, 0.29) is 0 Å². The highest BCUT2D eigenvalue weighted by atomic mass is 16.5. The van der Waals surface area contributed by atoms with E-state index in [1.165, 1.54) is 0 Å². The van der Waals surface area contributed by atoms with Crippen LogP contribution in [0.4, 0.5) is 0 Å². The smallest absolute Gasteiger partial charge is 0.257 e. The molecule has 2 aromatic heterocycles. The maximum Gasteiger partial charge on any atom is 0.257 e. The van der Waals surface area contributed by atoms with Crippen molar-refractivity contribution in [3.05, 3.63) is 54.9 Å². The number of rotatable bonds is 3. The van der Waals surface area contributed by atoms with Gasteiger partial charge in [-0.1, -0.05) is 23.4 Å². The van der Waals surface area contributed by atoms with Gasteiger partial charge in [-0.05, 0) is 12.1 Å². The van der Waals surface area contributed by atoms with Crippen LogP contribution >= 0.6 is 0 Å². The Hall–Kier alpha value is -2.43. The van der Waals surface area contributed by atoms with E-state index in [1.54, 1.807) is 12.5 Å². The van der Waals surface area contributed by atoms with Crippen LogP contribution in [-0.2, 0) is 6.54 Å². The number of imidazole rings is 1. The van der Waals surface area contributed by atoms with E-state index in [0.29, 0.717) is 18.3 Å². The van der Waals surface area contributed by atoms with E-state index in [1.807, 2.05) is 41.1 Å². The average Bonchev–Trinajstić information content (AvgIpc) is 3.02. The zero-order chi connectivity index (χ0) is 11.5. The predicted octanol–water partition coefficient (Wildman–Crippen LogP) is 1.98. The van der Waals surface area contributed by atoms with Crippen molar-refractivity contribution in [2.45, 2.75) is 6.54 Å². The lowest BCUT2D eigenvalue weighted by molar-refractivity contribution is 0.420. The van der Waals surface area contributed by atoms with E-state index in [9.17, 15) is 0 Å². The van der Waals surface area contributed by atoms with Crippen LogP contribution in [0, 0.1) is 0 Å². The third-order valence-electron chi connectivity index (χ3n) is 2.37. The summed E-state index contributed by atoms with van der Waals surface area (Å²) >= 11 is 0. The fourth-order valence-electron chi connectivity index (χ4n) is 1.56. The molecule has 0 radical (unpaired) electrons. The zero-order valence-corrected chi connectivity index (χ0v) is 9.02. The summed E-state index contributed by atoms with van der Waals surface area (Å²) in [5.41, 5.74) is 0.928. The highest BCUT2D eigenvalue weighted by Gasteiger charge is 2.08. The normalized spacial score (nSPS) is 10.6. The van der Waals surface area contributed by atoms with Gasteiger partial charge < -0.3 is 9.09 Å². The van der Waals surface area contributed by atoms with Crippen molar-refractivity contribution in [2.24, 2.45) is 0 Å². The first-order chi connectivity index (χ1) is 8.42. The molecule has 3 aromatic rings. The van der Waals surface area contributed by atoms with Crippen LogP contribution in [0.3, 0.4) is 0 Å². The van der Waals surface area contributed by atoms with Crippen molar-refractivity contribution in [1.82, 2.24) is 19.7 Å². The molecule has 0 spiro atoms. The first kappa shape index (κ1) is 9.77. The fraction of sp³-hybridized carbons (Fsp3) is 0.0833. The molecule has 0 N–H and O–H groups in total. The van der Waals surface area contributed by atoms with E-state index < -0.39 is 0 Å². The van der Waals surface area contributed by atoms with Crippen LogP contribution in [0.25, 0.3) is 11.5 Å². The fourth-order valence-corrected chi connectivity index (χ4v) is 1.56. The lowest BCUT2D eigenvalue weighted by Gasteiger charge is -1.94. The Bertz CT molecular complexity index is 586. The van der Waals surface area contributed by atoms with Gasteiger partial charge in [-0.2, -0.15) is 4.98 Å². The first-order valence-electron chi connectivity index (χ1n) is 5.25. The minimum Gasteiger partial charge on any atom is -0.334 e. The lowest BCUT2D eigenvalue weighted by Crippen LogP contribution is -1.98. The van der Waals surface area contributed by atoms with Crippen LogP contribution in [-0.4, -0.2) is 19.7 Å². The van der Waals surface area contributed by atoms with Gasteiger partial charge in [0, 0.05) is 18.0 Å². The number of hydrogen-bond acceptors (Lipinski definition) is 4. The molecule has 1 aromatic carbocycles. The van der Waals surface area contributed by atoms with Crippen LogP contribution in [0.2, 0.25) is 0 Å². The van der Waals surface area contributed by atoms with Gasteiger partial charge in [0.05, 0.1) is 12.9 Å². The molecule has 0 unspecified atom stereocenters. The summed E-state index contributed by atoms with van der Waals surface area (Å²) in [6.07, 6.45) is 5.30. The molecule has 5 heteroatoms. The maximum absolute atomic E-state index is 5.20. The largest absolute Gasteiger partial charge is 0.334 e. The molecule has 0 saturated carbocycles. The molecule has 0 aliphatic carbocycles. The summed E-state index contributed by atoms with van der Waals surface area (Å²) < 4.78 is 7.09. The average molecular weight is 226 g/mol. The Labute approximate surface area is 97.7 Å². The highest BCUT2D eigenvalue weighted by molar-refractivity contribution is 5.51. The van der Waals surface area contributed by atoms with Gasteiger partial charge in [-0.15, -0.1) is 0 Å². The molecule has 0 fully saturated rings. The summed E-state index contributed by atoms with van der Waals surface area (Å²) in [6.45, 7) is 0.566. The summed E-state index contributed by atoms with van der Waals surface area (Å²) in [7, 11) is 0. The Morgan fingerprint density at radius 1 is 1.18 bits per heavy atom. The van der Waals surface area contributed by atoms with Crippen LogP contribution in [0.1, 0.15) is 5.82 Å². The number of hydrogen-bond donors (Lipinski definition) is 0. The van der Waals surface area contributed by atoms with Gasteiger partial charge in [0.2, 0.25) is 0 Å². The van der Waals surface area contributed by atoms with Crippen LogP contribution in [0.5, 0.6) is 0 Å². The van der Waals surface area contributed by atoms with Crippen molar-refractivity contribution in [3.8, 4) is 11.5 Å². The molecule has 0 saturated heterocycles. The maximum atomic E-state index is 5.20. The molecular formula is C12H10N4O. The van der Waals surface area contributed by atoms with Gasteiger partial charge in [-0.3, -0.25) is 0 Å². The molecule has 0 amide bonds. The molecule has 0 aliphatic rings. The van der Waals surface area contributed by atoms with E-state index >= 15 is 0 Å². The van der Waals surface area contributed by atoms with Gasteiger partial charge >= 0.3 is 0 Å². The highest BCUT2D eigenvalue weighted by Crippen LogP contribution is 2.16. The molecule has 0 aliphatic heterocycles. The Balaban J connectivity index is 1.84. The molecule has 17 heavy (non-hydrogen) atoms. The predicted molar refractivity (Wildman–Crippen MR) is 61.1 cm³/mol. The lowest BCUT2D eigenvalue weighted by atomic mass is 10.2. The monoisotopic (exact) mass is 226 g/mol. The van der Waals surface area contributed by atoms with Crippen molar-refractivity contribution < 1.29 is 4.52 Å². The van der Waals surface area contributed by atoms with Crippen LogP contribution < -0.4 is 0 Å². The number of benzene rings is 1. The van der Waals surface area contributed by atoms with E-state index in [0.717, 1.165) is 5.56 Å². The summed E-state index contributed by atoms with van der Waals surface area (Å²) in [4.78, 5) is 8.29. The van der Waals surface area contributed by atoms with E-state index in [2.05, 4.69) is 15.1 Å². The van der Waals surface area contributed by atoms with Gasteiger partial charge in [0.25, 0.3) is 5.89 Å². The summed E-state index contributed by atoms with van der Waals surface area (Å²) in [5, 5.41) is 3.93. The van der Waals surface area contributed by atoms with Crippen molar-refractivity contribution in [3.63, 3.8) is 0 Å². The Kier molecular flexibility index (Phi) is 2.42. The van der Waals surface area contributed by atoms with Gasteiger partial charge in [-0.25, -0.2) is 4.98 Å². The van der Waals surface area contributed by atoms with Crippen molar-refractivity contribution in [2.75, 3.05) is 0 Å². The number of aromatic nitrogens is 4. The van der Waals surface area contributed by atoms with Gasteiger partial charge in [0.1, 0.15) is 0 Å². The zero-order valence-electron chi connectivity index (χ0n) is 9.02. The molecule has 3 rings (SSSR count). The SMILES string of the molecule is c1ccc(-c2nc(Cn3ccnc3)no2)cc1. The molecule has 5 nitrogen and oxygen atoms in total. The first-order valence-corrected chi connectivity index (χ1v) is 5.25. The van der Waals surface area contributed by atoms with Crippen molar-refractivity contribution >= 4 is 0 Å². The minimum atomic E-state index is 0.542. The molecule has 2 heterocycles. The second-order valence-corrected chi connectivity index (χ2v) is 3.62. The molecule has 0 atom stereocenters. The van der Waals surface area contributed by atoms with Crippen LogP contribution in [0.15, 0.2) is 53.6 Å². The van der Waals surface area contributed by atoms with Gasteiger partial charge in [0.15, 0.2) is 5.82 Å². The van der Waals surface area contributed by atoms with E-state index in [4.69, 9.17) is 4.52 Å². The molecule has 84 valence electrons. The van der Waals surface area contributed by atoms with Crippen molar-refractivity contribution in [1.29, 1.82) is 0 Å². The summed E-state index contributed by atoms with van der Waals surface area (Å²) in [5.74, 6) is 1.18. The standard InChI is InChI=1S/C12H10N4O/c1-2-4-10(5-3-1)12-14-11(15-17-12)8-16-7-6-13-9-16/h1-7,9H,8H2. The quantitative estimate of drug-likeness (QED) is 0.685. The minimum absolute atomic E-state index is 0.542. The summed E-state index contributed by atoms with van der Waals surface area (Å²) in [6, 6.07) is 9.71. The Morgan fingerprint density at radius 3 is 2.82 bits per heavy atom. The second-order valence-electron chi connectivity index (χ2n) is 3.62. The second kappa shape index (κ2) is 4.21. The topological polar surface area (TPSA) is 56.7 Å². The molecule has 0 bridgehead atoms. The third-order valence-corrected chi connectivity index (χ3v) is 2.37. The Morgan fingerprint density at radius 2 is 2.06 bits per heavy atom. The third kappa shape index (κ3) is 2.08. The molecular weight excluding hydrogens is 216 g/mol. The number of nitrogens with zero attached hydrogens (tertiary/aromatic N) is 4.